The van der Waals surface area contributed by atoms with Gasteiger partial charge in [0.05, 0.1) is 0 Å². The molecule has 3 N–H and O–H groups in total. The summed E-state index contributed by atoms with van der Waals surface area (Å²) in [7, 11) is 0. The van der Waals surface area contributed by atoms with Crippen molar-refractivity contribution in [3.05, 3.63) is 29.3 Å². The van der Waals surface area contributed by atoms with E-state index in [0.29, 0.717) is 5.02 Å². The topological polar surface area (TPSA) is 55.1 Å². The Morgan fingerprint density at radius 2 is 1.89 bits per heavy atom. The minimum Gasteiger partial charge on any atom is -0.371 e. The van der Waals surface area contributed by atoms with Crippen LogP contribution in [0.1, 0.15) is 39.5 Å². The van der Waals surface area contributed by atoms with Gasteiger partial charge in [-0.1, -0.05) is 31.9 Å². The second-order valence-corrected chi connectivity index (χ2v) is 6.71. The molecule has 1 atom stereocenters. The van der Waals surface area contributed by atoms with Crippen LogP contribution in [-0.2, 0) is 4.79 Å². The van der Waals surface area contributed by atoms with Crippen LogP contribution in [0.4, 0.5) is 5.69 Å². The first-order valence-electron chi connectivity index (χ1n) is 6.67. The van der Waals surface area contributed by atoms with Crippen LogP contribution < -0.4 is 11.1 Å². The maximum Gasteiger partial charge on any atom is 0.243 e. The van der Waals surface area contributed by atoms with E-state index in [0.717, 1.165) is 31.4 Å². The van der Waals surface area contributed by atoms with Gasteiger partial charge in [-0.2, -0.15) is 0 Å². The number of nitrogens with one attached hydrogen (secondary N) is 1. The predicted octanol–water partition coefficient (Wildman–Crippen LogP) is 3.58. The minimum absolute atomic E-state index is 0.132. The average molecular weight is 281 g/mol. The Hall–Kier alpha value is -1.22. The van der Waals surface area contributed by atoms with E-state index in [2.05, 4.69) is 19.2 Å². The molecule has 1 aromatic rings. The van der Waals surface area contributed by atoms with Gasteiger partial charge in [0.1, 0.15) is 5.54 Å². The fourth-order valence-corrected chi connectivity index (χ4v) is 3.18. The molecule has 0 aliphatic heterocycles. The van der Waals surface area contributed by atoms with Crippen molar-refractivity contribution < 1.29 is 4.79 Å². The van der Waals surface area contributed by atoms with Crippen molar-refractivity contribution in [1.82, 2.24) is 0 Å². The molecule has 4 heteroatoms. The molecule has 0 bridgehead atoms. The van der Waals surface area contributed by atoms with Gasteiger partial charge in [0, 0.05) is 10.7 Å². The fraction of sp³-hybridized carbons (Fsp3) is 0.533. The molecule has 0 saturated heterocycles. The molecule has 0 spiro atoms. The molecular formula is C15H21ClN2O. The first-order chi connectivity index (χ1) is 8.83. The number of anilines is 1. The molecule has 1 amide bonds. The molecule has 0 aromatic heterocycles. The lowest BCUT2D eigenvalue weighted by atomic mass is 9.67. The lowest BCUT2D eigenvalue weighted by Gasteiger charge is -2.43. The third-order valence-corrected chi connectivity index (χ3v) is 4.19. The van der Waals surface area contributed by atoms with Gasteiger partial charge < -0.3 is 11.1 Å². The number of amides is 1. The lowest BCUT2D eigenvalue weighted by Crippen LogP contribution is -2.55. The summed E-state index contributed by atoms with van der Waals surface area (Å²) in [6, 6.07) is 7.39. The highest BCUT2D eigenvalue weighted by molar-refractivity contribution is 6.30. The fourth-order valence-electron chi connectivity index (χ4n) is 3.05. The van der Waals surface area contributed by atoms with Gasteiger partial charge >= 0.3 is 0 Å². The van der Waals surface area contributed by atoms with Crippen LogP contribution in [0.25, 0.3) is 0 Å². The zero-order valence-corrected chi connectivity index (χ0v) is 12.3. The summed E-state index contributed by atoms with van der Waals surface area (Å²) < 4.78 is 0. The van der Waals surface area contributed by atoms with Crippen molar-refractivity contribution in [2.24, 2.45) is 11.1 Å². The maximum atomic E-state index is 12.0. The number of halogens is 1. The smallest absolute Gasteiger partial charge is 0.243 e. The normalized spacial score (nSPS) is 25.8. The molecule has 0 radical (unpaired) electrons. The third kappa shape index (κ3) is 3.21. The van der Waals surface area contributed by atoms with Crippen LogP contribution in [0.15, 0.2) is 24.3 Å². The van der Waals surface area contributed by atoms with Crippen molar-refractivity contribution in [2.45, 2.75) is 45.1 Å². The van der Waals surface area contributed by atoms with E-state index in [-0.39, 0.29) is 11.3 Å². The largest absolute Gasteiger partial charge is 0.371 e. The average Bonchev–Trinajstić information content (AvgIpc) is 2.31. The van der Waals surface area contributed by atoms with E-state index in [4.69, 9.17) is 17.3 Å². The van der Waals surface area contributed by atoms with Crippen LogP contribution in [-0.4, -0.2) is 11.4 Å². The monoisotopic (exact) mass is 280 g/mol. The van der Waals surface area contributed by atoms with E-state index in [9.17, 15) is 4.79 Å². The zero-order valence-electron chi connectivity index (χ0n) is 11.5. The predicted molar refractivity (Wildman–Crippen MR) is 79.2 cm³/mol. The second-order valence-electron chi connectivity index (χ2n) is 6.27. The van der Waals surface area contributed by atoms with Crippen molar-refractivity contribution >= 4 is 23.2 Å². The first-order valence-corrected chi connectivity index (χ1v) is 7.05. The van der Waals surface area contributed by atoms with E-state index in [1.165, 1.54) is 0 Å². The van der Waals surface area contributed by atoms with Crippen LogP contribution in [0.3, 0.4) is 0 Å². The molecule has 1 saturated carbocycles. The highest BCUT2D eigenvalue weighted by Gasteiger charge is 2.44. The van der Waals surface area contributed by atoms with E-state index >= 15 is 0 Å². The molecule has 104 valence electrons. The summed E-state index contributed by atoms with van der Waals surface area (Å²) in [6.45, 7) is 4.38. The molecule has 1 fully saturated rings. The Kier molecular flexibility index (Phi) is 3.77. The quantitative estimate of drug-likeness (QED) is 0.889. The van der Waals surface area contributed by atoms with Crippen LogP contribution in [0.5, 0.6) is 0 Å². The summed E-state index contributed by atoms with van der Waals surface area (Å²) >= 11 is 5.88. The third-order valence-electron chi connectivity index (χ3n) is 3.94. The van der Waals surface area contributed by atoms with Crippen molar-refractivity contribution in [1.29, 1.82) is 0 Å². The maximum absolute atomic E-state index is 12.0. The highest BCUT2D eigenvalue weighted by Crippen LogP contribution is 2.42. The molecule has 1 unspecified atom stereocenters. The summed E-state index contributed by atoms with van der Waals surface area (Å²) in [5.41, 5.74) is 6.05. The van der Waals surface area contributed by atoms with Crippen molar-refractivity contribution in [2.75, 3.05) is 5.32 Å². The van der Waals surface area contributed by atoms with E-state index in [1.54, 1.807) is 0 Å². The summed E-state index contributed by atoms with van der Waals surface area (Å²) in [6.07, 6.45) is 3.69. The highest BCUT2D eigenvalue weighted by atomic mass is 35.5. The number of hydrogen-bond donors (Lipinski definition) is 2. The molecule has 2 rings (SSSR count). The molecule has 3 nitrogen and oxygen atoms in total. The molecule has 1 aromatic carbocycles. The zero-order chi connectivity index (χ0) is 14.1. The first kappa shape index (κ1) is 14.2. The minimum atomic E-state index is -0.643. The molecule has 0 heterocycles. The van der Waals surface area contributed by atoms with Crippen LogP contribution in [0, 0.1) is 5.41 Å². The number of nitrogens with two attached hydrogens (primary N) is 1. The molecular weight excluding hydrogens is 260 g/mol. The standard InChI is InChI=1S/C15H21ClN2O/c1-14(2)8-3-9-15(10-14,13(17)19)18-12-6-4-11(16)5-7-12/h4-7,18H,3,8-10H2,1-2H3,(H2,17,19). The number of hydrogen-bond acceptors (Lipinski definition) is 2. The molecule has 1 aliphatic rings. The van der Waals surface area contributed by atoms with Crippen molar-refractivity contribution in [3.8, 4) is 0 Å². The number of primary amides is 1. The lowest BCUT2D eigenvalue weighted by molar-refractivity contribution is -0.124. The second kappa shape index (κ2) is 5.04. The number of carbonyl (C=O) groups is 1. The summed E-state index contributed by atoms with van der Waals surface area (Å²) in [4.78, 5) is 12.0. The summed E-state index contributed by atoms with van der Waals surface area (Å²) in [5, 5.41) is 4.03. The van der Waals surface area contributed by atoms with Crippen LogP contribution in [0.2, 0.25) is 5.02 Å². The van der Waals surface area contributed by atoms with Crippen molar-refractivity contribution in [3.63, 3.8) is 0 Å². The van der Waals surface area contributed by atoms with Gasteiger partial charge in [0.25, 0.3) is 0 Å². The Morgan fingerprint density at radius 3 is 2.42 bits per heavy atom. The molecule has 19 heavy (non-hydrogen) atoms. The molecule has 1 aliphatic carbocycles. The van der Waals surface area contributed by atoms with Gasteiger partial charge in [-0.3, -0.25) is 4.79 Å². The summed E-state index contributed by atoms with van der Waals surface area (Å²) in [5.74, 6) is -0.268. The van der Waals surface area contributed by atoms with Gasteiger partial charge in [0.2, 0.25) is 5.91 Å². The SMILES string of the molecule is CC1(C)CCCC(Nc2ccc(Cl)cc2)(C(N)=O)C1. The Morgan fingerprint density at radius 1 is 1.26 bits per heavy atom. The Bertz CT molecular complexity index is 470. The number of rotatable bonds is 3. The Balaban J connectivity index is 2.25. The van der Waals surface area contributed by atoms with E-state index in [1.807, 2.05) is 24.3 Å². The van der Waals surface area contributed by atoms with Gasteiger partial charge in [0.15, 0.2) is 0 Å². The number of benzene rings is 1. The van der Waals surface area contributed by atoms with Gasteiger partial charge in [-0.15, -0.1) is 0 Å². The Labute approximate surface area is 119 Å². The van der Waals surface area contributed by atoms with Gasteiger partial charge in [-0.25, -0.2) is 0 Å². The van der Waals surface area contributed by atoms with Gasteiger partial charge in [-0.05, 0) is 48.9 Å². The number of carbonyl (C=O) groups excluding carboxylic acids is 1. The van der Waals surface area contributed by atoms with Crippen LogP contribution >= 0.6 is 11.6 Å². The van der Waals surface area contributed by atoms with E-state index < -0.39 is 5.54 Å².